The molecule has 0 radical (unpaired) electrons. The van der Waals surface area contributed by atoms with E-state index in [1.165, 1.54) is 25.3 Å². The van der Waals surface area contributed by atoms with Gasteiger partial charge in [-0.05, 0) is 139 Å². The number of isothiocyanates is 1. The van der Waals surface area contributed by atoms with Crippen molar-refractivity contribution in [1.82, 2.24) is 110 Å². The van der Waals surface area contributed by atoms with E-state index in [0.717, 1.165) is 0 Å². The van der Waals surface area contributed by atoms with E-state index in [9.17, 15) is 24.7 Å². The fourth-order valence-electron chi connectivity index (χ4n) is 16.0. The molecular weight excluding hydrogens is 1830 g/mol. The van der Waals surface area contributed by atoms with Crippen LogP contribution in [-0.4, -0.2) is 226 Å². The van der Waals surface area contributed by atoms with Gasteiger partial charge in [0.05, 0.1) is 73.4 Å². The van der Waals surface area contributed by atoms with Gasteiger partial charge in [0.15, 0.2) is 112 Å². The van der Waals surface area contributed by atoms with Gasteiger partial charge in [0.25, 0.3) is 23.6 Å². The van der Waals surface area contributed by atoms with Crippen LogP contribution in [0.25, 0.3) is 55.1 Å². The lowest BCUT2D eigenvalue weighted by Gasteiger charge is -2.41. The number of ether oxygens (including phenoxy) is 4. The number of amides is 4. The minimum Gasteiger partial charge on any atom is -0.407 e. The molecule has 10 N–H and O–H groups in total. The largest absolute Gasteiger partial charge is 0.407 e. The maximum atomic E-state index is 13.2. The van der Waals surface area contributed by atoms with Crippen LogP contribution in [0.4, 0.5) is 23.3 Å². The molecule has 4 aromatic carbocycles. The predicted molar refractivity (Wildman–Crippen MR) is 533 cm³/mol. The second-order valence-electron chi connectivity index (χ2n) is 35.4. The number of rotatable bonds is 22. The lowest BCUT2D eigenvalue weighted by Crippen LogP contribution is -2.59. The average molecular weight is 1940 g/mol. The normalized spacial score (nSPS) is 23.3. The number of aromatic nitrogens is 16. The molecule has 17 rings (SSSR count). The van der Waals surface area contributed by atoms with Crippen molar-refractivity contribution >= 4 is 178 Å². The lowest BCUT2D eigenvalue weighted by atomic mass is 9.98. The molecule has 5 aliphatic rings. The molecule has 46 heteroatoms. The number of aliphatic imine (C=N–C) groups is 1. The van der Waals surface area contributed by atoms with Crippen LogP contribution in [-0.2, 0) is 27.8 Å². The van der Waals surface area contributed by atoms with Crippen LogP contribution in [0.2, 0.25) is 36.3 Å². The number of carbonyl (C=O) groups excluding carboxylic acids is 4. The van der Waals surface area contributed by atoms with E-state index in [0.29, 0.717) is 89.5 Å². The SMILES string of the molecule is C.C.C.C[C@@H]1[C@@H]2NC(=S)NC[C@H]3O[C@@H](n4cnc5c(NC(=O)c6ccccc6)ncnc54)C(O[Si](C)(C)C(C)(C)C)[C@@H]3NC(=S)NC[C@H]2O[C@H]1n1cnc2c(NC(=O)c3ccccc3)ncnc21.C[C@@H]1[C@H](N=C=S)[C@@H](CNC(=S)N[C@H]2C(O[Si](C)(C)C(C)(C)C)[C@H](n3cnc4c(NC(=O)c5ccccc5)ncnc43)O[C@@H]2CN=[N+]=[N-])O[C@H]1n1cnc2c(NC(=O)c3ccccc3)ncnc21. The first-order valence-corrected chi connectivity index (χ1v) is 50.1. The molecule has 16 atom stereocenters. The summed E-state index contributed by atoms with van der Waals surface area (Å²) in [5, 5.41) is 39.2. The lowest BCUT2D eigenvalue weighted by molar-refractivity contribution is -0.0296. The monoisotopic (exact) mass is 1940 g/mol. The van der Waals surface area contributed by atoms with Crippen molar-refractivity contribution in [2.75, 3.05) is 47.4 Å². The van der Waals surface area contributed by atoms with E-state index in [1.54, 1.807) is 132 Å². The van der Waals surface area contributed by atoms with E-state index in [-0.39, 0.29) is 116 Å². The summed E-state index contributed by atoms with van der Waals surface area (Å²) in [7, 11) is -5.03. The van der Waals surface area contributed by atoms with Crippen molar-refractivity contribution < 1.29 is 47.0 Å². The molecule has 0 bridgehead atoms. The quantitative estimate of drug-likeness (QED) is 0.00752. The van der Waals surface area contributed by atoms with Gasteiger partial charge in [-0.25, -0.2) is 64.8 Å². The number of imidazole rings is 4. The fraction of sp³-hybridized carbons (Fsp3) is 0.416. The number of hydrogen-bond donors (Lipinski definition) is 10. The number of carbonyl (C=O) groups is 4. The molecular formula is C89H110N30O10S4Si2. The van der Waals surface area contributed by atoms with Gasteiger partial charge in [-0.2, -0.15) is 0 Å². The smallest absolute Gasteiger partial charge is 0.256 e. The summed E-state index contributed by atoms with van der Waals surface area (Å²) >= 11 is 23.0. The third-order valence-corrected chi connectivity index (χ3v) is 34.8. The van der Waals surface area contributed by atoms with Crippen molar-refractivity contribution in [3.8, 4) is 0 Å². The summed E-state index contributed by atoms with van der Waals surface area (Å²) in [5.41, 5.74) is 14.7. The van der Waals surface area contributed by atoms with E-state index in [2.05, 4.69) is 208 Å². The van der Waals surface area contributed by atoms with Crippen LogP contribution in [0.15, 0.2) is 182 Å². The Bertz CT molecular complexity index is 6400. The molecule has 12 aromatic rings. The zero-order chi connectivity index (χ0) is 93.1. The molecule has 8 aromatic heterocycles. The number of nitrogens with zero attached hydrogens (tertiary/aromatic N) is 20. The van der Waals surface area contributed by atoms with Gasteiger partial charge in [-0.3, -0.25) is 37.4 Å². The van der Waals surface area contributed by atoms with Crippen LogP contribution in [0.5, 0.6) is 0 Å². The Morgan fingerprint density at radius 1 is 0.496 bits per heavy atom. The highest BCUT2D eigenvalue weighted by atomic mass is 32.1. The topological polar surface area (TPSA) is 479 Å². The molecule has 2 unspecified atom stereocenters. The summed E-state index contributed by atoms with van der Waals surface area (Å²) in [6.07, 6.45) is 5.77. The zero-order valence-corrected chi connectivity index (χ0v) is 79.2. The van der Waals surface area contributed by atoms with Crippen molar-refractivity contribution in [2.24, 2.45) is 21.9 Å². The van der Waals surface area contributed by atoms with Crippen LogP contribution in [0.3, 0.4) is 0 Å². The molecule has 13 heterocycles. The summed E-state index contributed by atoms with van der Waals surface area (Å²) in [6.45, 7) is 26.4. The second-order valence-corrected chi connectivity index (χ2v) is 46.3. The molecule has 0 saturated carbocycles. The molecule has 4 amide bonds. The standard InChI is InChI=1S/C43H48N16O5S2Si.C43H50N14O5S2Si.3CH4/c1-24-29(52-23-65)27(62-40(24)58-21-50-31-34(46-19-48-36(31)58)55-38(60)25-13-9-7-10-14-25)17-45-42(66)54-30-28(18-53-57-44)63-41(33(30)64-67(5,6)43(2,3)4)59-22-51-32-35(47-20-49-37(32)59)56-39(61)26-15-11-8-12-16-26;1-23-28-26(60-39(23)56-21-50-30-33(46-19-48-35(30)56)54-37(58)24-13-9-7-10-14-24)17-44-42(64)53-29-27(18-45-41(63)52-28)61-40(32(29)62-65(5,6)43(2,3)4)57-22-51-31-34(47-20-49-36(31)57)55-38(59)25-15-11-8-12-16-25;;;/h7-16,19-22,24,27-30,33,40-41H,17-18H2,1-6H3,(H2,45,54,66)(H,46,48,55,60)(H,47,49,56,61);7-16,19-23,26-29,32,39-40H,17-18H2,1-6H3,(H2,44,53,64)(H2,45,52,63)(H,46,48,54,58)(H,47,49,55,59);3*1H4/t24-,27-,28-,29+,30-,33?,40-,41-;23-,26-,27-,28+,29-,32?,39-,40-;;;/m11.../s1. The molecule has 5 saturated heterocycles. The predicted octanol–water partition coefficient (Wildman–Crippen LogP) is 13.2. The van der Waals surface area contributed by atoms with E-state index in [4.69, 9.17) is 76.7 Å². The summed E-state index contributed by atoms with van der Waals surface area (Å²) in [5.74, 6) is -0.674. The van der Waals surface area contributed by atoms with Crippen LogP contribution >= 0.6 is 48.9 Å². The van der Waals surface area contributed by atoms with E-state index < -0.39 is 96.3 Å². The molecule has 5 fully saturated rings. The van der Waals surface area contributed by atoms with Gasteiger partial charge in [0, 0.05) is 58.6 Å². The molecule has 5 aliphatic heterocycles. The highest BCUT2D eigenvalue weighted by molar-refractivity contribution is 7.80. The summed E-state index contributed by atoms with van der Waals surface area (Å²) < 4.78 is 48.8. The number of nitrogens with one attached hydrogen (secondary N) is 10. The number of anilines is 4. The molecule has 0 aliphatic carbocycles. The van der Waals surface area contributed by atoms with Gasteiger partial charge in [0.1, 0.15) is 62.2 Å². The van der Waals surface area contributed by atoms with Gasteiger partial charge in [-0.15, -0.1) is 0 Å². The number of hydrogen-bond acceptors (Lipinski definition) is 28. The first-order valence-electron chi connectivity index (χ1n) is 42.7. The zero-order valence-electron chi connectivity index (χ0n) is 73.9. The molecule has 708 valence electrons. The first kappa shape index (κ1) is 99.8. The van der Waals surface area contributed by atoms with Crippen molar-refractivity contribution in [3.05, 3.63) is 205 Å². The average Bonchev–Trinajstić information content (AvgIpc) is 1.60. The highest BCUT2D eigenvalue weighted by Crippen LogP contribution is 2.47. The van der Waals surface area contributed by atoms with Crippen LogP contribution in [0, 0.1) is 11.8 Å². The Morgan fingerprint density at radius 2 is 0.837 bits per heavy atom. The van der Waals surface area contributed by atoms with Crippen LogP contribution < -0.4 is 53.2 Å². The highest BCUT2D eigenvalue weighted by Gasteiger charge is 2.55. The Hall–Kier alpha value is -12.7. The third kappa shape index (κ3) is 21.2. The number of thiocarbonyl (C=S) groups is 4. The van der Waals surface area contributed by atoms with Crippen molar-refractivity contribution in [3.63, 3.8) is 0 Å². The summed E-state index contributed by atoms with van der Waals surface area (Å²) in [6, 6.07) is 33.5. The minimum atomic E-state index is -2.56. The first-order chi connectivity index (χ1) is 63.3. The van der Waals surface area contributed by atoms with Gasteiger partial charge in [-0.1, -0.05) is 156 Å². The van der Waals surface area contributed by atoms with Gasteiger partial charge in [0.2, 0.25) is 0 Å². The number of azide groups is 1. The van der Waals surface area contributed by atoms with Crippen LogP contribution in [0.1, 0.15) is 144 Å². The third-order valence-electron chi connectivity index (χ3n) is 25.0. The fourth-order valence-corrected chi connectivity index (χ4v) is 19.4. The molecule has 40 nitrogen and oxygen atoms in total. The Kier molecular flexibility index (Phi) is 31.1. The second kappa shape index (κ2) is 42.1. The summed E-state index contributed by atoms with van der Waals surface area (Å²) in [4.78, 5) is 114. The van der Waals surface area contributed by atoms with Crippen molar-refractivity contribution in [1.29, 1.82) is 0 Å². The number of benzene rings is 4. The van der Waals surface area contributed by atoms with E-state index in [1.807, 2.05) is 40.3 Å². The maximum absolute atomic E-state index is 13.2. The van der Waals surface area contributed by atoms with Crippen molar-refractivity contribution in [2.45, 2.75) is 200 Å². The minimum absolute atomic E-state index is 0. The van der Waals surface area contributed by atoms with Gasteiger partial charge >= 0.3 is 0 Å². The molecule has 0 spiro atoms. The molecule has 135 heavy (non-hydrogen) atoms. The Balaban J connectivity index is 0.000000224. The maximum Gasteiger partial charge on any atom is 0.256 e. The van der Waals surface area contributed by atoms with E-state index >= 15 is 0 Å². The Labute approximate surface area is 803 Å². The Morgan fingerprint density at radius 3 is 1.21 bits per heavy atom. The number of fused-ring (bicyclic) bond motifs is 6. The van der Waals surface area contributed by atoms with Gasteiger partial charge < -0.3 is 81.0 Å².